The highest BCUT2D eigenvalue weighted by molar-refractivity contribution is 6.04. The standard InChI is InChI=1S/C19H13F4N3O/c20-13-4-2-1-3-12(13)10-25-16-9-11(7-8-24-16)19(27)26-15-6-5-14(21)17(22)18(15)23/h1-9H,10H2,(H,24,25)(H,26,27). The number of nitrogens with one attached hydrogen (secondary N) is 2. The van der Waals surface area contributed by atoms with Crippen LogP contribution in [-0.4, -0.2) is 10.9 Å². The molecule has 2 aromatic carbocycles. The van der Waals surface area contributed by atoms with Gasteiger partial charge in [-0.2, -0.15) is 0 Å². The number of carbonyl (C=O) groups excluding carboxylic acids is 1. The maximum absolute atomic E-state index is 13.7. The topological polar surface area (TPSA) is 54.0 Å². The van der Waals surface area contributed by atoms with E-state index in [0.29, 0.717) is 11.6 Å². The van der Waals surface area contributed by atoms with Crippen molar-refractivity contribution in [2.75, 3.05) is 10.6 Å². The minimum absolute atomic E-state index is 0.102. The summed E-state index contributed by atoms with van der Waals surface area (Å²) in [4.78, 5) is 16.3. The molecule has 0 saturated carbocycles. The smallest absolute Gasteiger partial charge is 0.255 e. The fourth-order valence-corrected chi connectivity index (χ4v) is 2.31. The number of hydrogen-bond donors (Lipinski definition) is 2. The molecule has 8 heteroatoms. The fourth-order valence-electron chi connectivity index (χ4n) is 2.31. The van der Waals surface area contributed by atoms with Gasteiger partial charge in [0.15, 0.2) is 17.5 Å². The maximum atomic E-state index is 13.7. The highest BCUT2D eigenvalue weighted by atomic mass is 19.2. The number of nitrogens with zero attached hydrogens (tertiary/aromatic N) is 1. The molecule has 0 bridgehead atoms. The lowest BCUT2D eigenvalue weighted by Gasteiger charge is -2.10. The van der Waals surface area contributed by atoms with Crippen molar-refractivity contribution in [1.82, 2.24) is 4.98 Å². The van der Waals surface area contributed by atoms with Crippen LogP contribution in [0.4, 0.5) is 29.1 Å². The third kappa shape index (κ3) is 4.22. The van der Waals surface area contributed by atoms with Gasteiger partial charge in [0.25, 0.3) is 5.91 Å². The molecule has 1 amide bonds. The number of carbonyl (C=O) groups is 1. The third-order valence-electron chi connectivity index (χ3n) is 3.72. The number of aromatic nitrogens is 1. The van der Waals surface area contributed by atoms with Crippen LogP contribution in [0.2, 0.25) is 0 Å². The number of benzene rings is 2. The normalized spacial score (nSPS) is 10.5. The van der Waals surface area contributed by atoms with Gasteiger partial charge in [0.2, 0.25) is 0 Å². The number of pyridine rings is 1. The Hall–Kier alpha value is -3.42. The molecule has 0 atom stereocenters. The molecule has 3 aromatic rings. The first-order valence-electron chi connectivity index (χ1n) is 7.84. The van der Waals surface area contributed by atoms with E-state index in [2.05, 4.69) is 15.6 Å². The number of rotatable bonds is 5. The summed E-state index contributed by atoms with van der Waals surface area (Å²) in [7, 11) is 0. The van der Waals surface area contributed by atoms with Gasteiger partial charge in [-0.25, -0.2) is 22.5 Å². The molecule has 1 heterocycles. The zero-order chi connectivity index (χ0) is 19.4. The number of halogens is 4. The molecule has 0 spiro atoms. The molecule has 0 aliphatic heterocycles. The van der Waals surface area contributed by atoms with E-state index in [1.54, 1.807) is 18.2 Å². The van der Waals surface area contributed by atoms with Crippen LogP contribution in [0.3, 0.4) is 0 Å². The van der Waals surface area contributed by atoms with Crippen molar-refractivity contribution in [1.29, 1.82) is 0 Å². The summed E-state index contributed by atoms with van der Waals surface area (Å²) in [6, 6.07) is 10.5. The first kappa shape index (κ1) is 18.4. The summed E-state index contributed by atoms with van der Waals surface area (Å²) in [5.74, 6) is -5.35. The van der Waals surface area contributed by atoms with Crippen LogP contribution in [0.5, 0.6) is 0 Å². The molecule has 4 nitrogen and oxygen atoms in total. The quantitative estimate of drug-likeness (QED) is 0.510. The average Bonchev–Trinajstić information content (AvgIpc) is 2.68. The second-order valence-corrected chi connectivity index (χ2v) is 5.55. The monoisotopic (exact) mass is 375 g/mol. The molecular formula is C19H13F4N3O. The van der Waals surface area contributed by atoms with Gasteiger partial charge in [-0.15, -0.1) is 0 Å². The van der Waals surface area contributed by atoms with E-state index in [1.165, 1.54) is 24.4 Å². The van der Waals surface area contributed by atoms with Crippen molar-refractivity contribution in [3.8, 4) is 0 Å². The van der Waals surface area contributed by atoms with E-state index >= 15 is 0 Å². The van der Waals surface area contributed by atoms with Crippen molar-refractivity contribution in [2.45, 2.75) is 6.54 Å². The molecule has 0 radical (unpaired) electrons. The number of hydrogen-bond acceptors (Lipinski definition) is 3. The van der Waals surface area contributed by atoms with E-state index in [1.807, 2.05) is 0 Å². The molecule has 3 rings (SSSR count). The zero-order valence-corrected chi connectivity index (χ0v) is 13.8. The average molecular weight is 375 g/mol. The Labute approximate surface area is 151 Å². The summed E-state index contributed by atoms with van der Waals surface area (Å²) in [5, 5.41) is 5.04. The molecular weight excluding hydrogens is 362 g/mol. The Morgan fingerprint density at radius 3 is 2.48 bits per heavy atom. The minimum Gasteiger partial charge on any atom is -0.366 e. The molecule has 27 heavy (non-hydrogen) atoms. The Kier molecular flexibility index (Phi) is 5.35. The Morgan fingerprint density at radius 2 is 1.70 bits per heavy atom. The fraction of sp³-hybridized carbons (Fsp3) is 0.0526. The van der Waals surface area contributed by atoms with Crippen LogP contribution in [0, 0.1) is 23.3 Å². The van der Waals surface area contributed by atoms with Crippen molar-refractivity contribution in [2.24, 2.45) is 0 Å². The summed E-state index contributed by atoms with van der Waals surface area (Å²) in [5.41, 5.74) is 0.0276. The first-order valence-corrected chi connectivity index (χ1v) is 7.84. The Balaban J connectivity index is 1.72. The minimum atomic E-state index is -1.67. The van der Waals surface area contributed by atoms with Gasteiger partial charge in [0.05, 0.1) is 5.69 Å². The molecule has 0 aliphatic carbocycles. The summed E-state index contributed by atoms with van der Waals surface area (Å²) >= 11 is 0. The van der Waals surface area contributed by atoms with E-state index < -0.39 is 29.0 Å². The van der Waals surface area contributed by atoms with Gasteiger partial charge in [-0.05, 0) is 30.3 Å². The first-order chi connectivity index (χ1) is 13.0. The Bertz CT molecular complexity index is 994. The molecule has 0 unspecified atom stereocenters. The van der Waals surface area contributed by atoms with Crippen LogP contribution in [-0.2, 0) is 6.54 Å². The number of anilines is 2. The molecule has 0 aliphatic rings. The SMILES string of the molecule is O=C(Nc1ccc(F)c(F)c1F)c1ccnc(NCc2ccccc2F)c1. The van der Waals surface area contributed by atoms with Crippen LogP contribution in [0.25, 0.3) is 0 Å². The van der Waals surface area contributed by atoms with E-state index in [0.717, 1.165) is 6.07 Å². The number of amides is 1. The predicted octanol–water partition coefficient (Wildman–Crippen LogP) is 4.50. The van der Waals surface area contributed by atoms with E-state index in [4.69, 9.17) is 0 Å². The van der Waals surface area contributed by atoms with Gasteiger partial charge in [0, 0.05) is 23.9 Å². The zero-order valence-electron chi connectivity index (χ0n) is 13.8. The highest BCUT2D eigenvalue weighted by Crippen LogP contribution is 2.20. The van der Waals surface area contributed by atoms with Crippen molar-refractivity contribution >= 4 is 17.4 Å². The van der Waals surface area contributed by atoms with Gasteiger partial charge < -0.3 is 10.6 Å². The molecule has 0 fully saturated rings. The van der Waals surface area contributed by atoms with Crippen LogP contribution < -0.4 is 10.6 Å². The molecule has 2 N–H and O–H groups in total. The highest BCUT2D eigenvalue weighted by Gasteiger charge is 2.16. The predicted molar refractivity (Wildman–Crippen MR) is 92.2 cm³/mol. The van der Waals surface area contributed by atoms with Gasteiger partial charge in [-0.3, -0.25) is 4.79 Å². The largest absolute Gasteiger partial charge is 0.366 e. The lowest BCUT2D eigenvalue weighted by atomic mass is 10.2. The second-order valence-electron chi connectivity index (χ2n) is 5.55. The maximum Gasteiger partial charge on any atom is 0.255 e. The lowest BCUT2D eigenvalue weighted by molar-refractivity contribution is 0.102. The lowest BCUT2D eigenvalue weighted by Crippen LogP contribution is -2.14. The van der Waals surface area contributed by atoms with Gasteiger partial charge in [0.1, 0.15) is 11.6 Å². The molecule has 138 valence electrons. The van der Waals surface area contributed by atoms with Crippen LogP contribution in [0.1, 0.15) is 15.9 Å². The molecule has 0 saturated heterocycles. The van der Waals surface area contributed by atoms with Gasteiger partial charge >= 0.3 is 0 Å². The van der Waals surface area contributed by atoms with E-state index in [9.17, 15) is 22.4 Å². The van der Waals surface area contributed by atoms with E-state index in [-0.39, 0.29) is 23.7 Å². The third-order valence-corrected chi connectivity index (χ3v) is 3.72. The van der Waals surface area contributed by atoms with Gasteiger partial charge in [-0.1, -0.05) is 18.2 Å². The van der Waals surface area contributed by atoms with Crippen molar-refractivity contribution < 1.29 is 22.4 Å². The summed E-state index contributed by atoms with van der Waals surface area (Å²) in [6.07, 6.45) is 1.33. The summed E-state index contributed by atoms with van der Waals surface area (Å²) < 4.78 is 53.5. The van der Waals surface area contributed by atoms with Crippen LogP contribution >= 0.6 is 0 Å². The van der Waals surface area contributed by atoms with Crippen molar-refractivity contribution in [3.05, 3.63) is 89.1 Å². The summed E-state index contributed by atoms with van der Waals surface area (Å²) in [6.45, 7) is 0.141. The second kappa shape index (κ2) is 7.86. The Morgan fingerprint density at radius 1 is 0.926 bits per heavy atom. The van der Waals surface area contributed by atoms with Crippen LogP contribution in [0.15, 0.2) is 54.7 Å². The van der Waals surface area contributed by atoms with Crippen molar-refractivity contribution in [3.63, 3.8) is 0 Å². The molecule has 1 aromatic heterocycles.